The molecule has 1 heterocycles. The lowest BCUT2D eigenvalue weighted by Crippen LogP contribution is -2.54. The van der Waals surface area contributed by atoms with Crippen LogP contribution in [0.15, 0.2) is 30.3 Å². The largest absolute Gasteiger partial charge is 0.445 e. The number of nitrogens with zero attached hydrogens (tertiary/aromatic N) is 1. The first kappa shape index (κ1) is 20.0. The highest BCUT2D eigenvalue weighted by Gasteiger charge is 2.33. The van der Waals surface area contributed by atoms with Crippen molar-refractivity contribution in [2.45, 2.75) is 45.4 Å². The first-order valence-corrected chi connectivity index (χ1v) is 8.83. The van der Waals surface area contributed by atoms with Crippen molar-refractivity contribution in [3.8, 4) is 0 Å². The monoisotopic (exact) mass is 364 g/mol. The van der Waals surface area contributed by atoms with Gasteiger partial charge >= 0.3 is 12.2 Å². The summed E-state index contributed by atoms with van der Waals surface area (Å²) in [6, 6.07) is 9.10. The van der Waals surface area contributed by atoms with Gasteiger partial charge in [0.25, 0.3) is 0 Å². The average Bonchev–Trinajstić information content (AvgIpc) is 2.59. The van der Waals surface area contributed by atoms with Gasteiger partial charge in [0, 0.05) is 25.6 Å². The van der Waals surface area contributed by atoms with Crippen LogP contribution < -0.4 is 5.32 Å². The van der Waals surface area contributed by atoms with Crippen molar-refractivity contribution in [1.29, 1.82) is 0 Å². The highest BCUT2D eigenvalue weighted by molar-refractivity contribution is 5.69. The molecule has 2 rings (SSSR count). The molecule has 0 bridgehead atoms. The molecule has 2 atom stereocenters. The van der Waals surface area contributed by atoms with Gasteiger partial charge in [-0.3, -0.25) is 0 Å². The van der Waals surface area contributed by atoms with E-state index in [2.05, 4.69) is 5.32 Å². The van der Waals surface area contributed by atoms with Crippen LogP contribution in [0.5, 0.6) is 0 Å². The lowest BCUT2D eigenvalue weighted by molar-refractivity contribution is 0.00816. The van der Waals surface area contributed by atoms with Crippen LogP contribution in [-0.4, -0.2) is 53.5 Å². The van der Waals surface area contributed by atoms with Crippen molar-refractivity contribution in [3.05, 3.63) is 35.9 Å². The topological polar surface area (TPSA) is 88.1 Å². The van der Waals surface area contributed by atoms with Crippen molar-refractivity contribution in [2.24, 2.45) is 5.92 Å². The first-order chi connectivity index (χ1) is 12.3. The van der Waals surface area contributed by atoms with Gasteiger partial charge in [-0.15, -0.1) is 0 Å². The maximum absolute atomic E-state index is 12.3. The Bertz CT molecular complexity index is 600. The average molecular weight is 364 g/mol. The Labute approximate surface area is 154 Å². The minimum atomic E-state index is -0.596. The molecule has 1 saturated heterocycles. The van der Waals surface area contributed by atoms with Gasteiger partial charge in [0.1, 0.15) is 12.2 Å². The smallest absolute Gasteiger partial charge is 0.410 e. The highest BCUT2D eigenvalue weighted by atomic mass is 16.6. The van der Waals surface area contributed by atoms with Gasteiger partial charge in [0.15, 0.2) is 0 Å². The van der Waals surface area contributed by atoms with Gasteiger partial charge in [-0.2, -0.15) is 0 Å². The van der Waals surface area contributed by atoms with Crippen molar-refractivity contribution in [3.63, 3.8) is 0 Å². The van der Waals surface area contributed by atoms with Gasteiger partial charge in [-0.25, -0.2) is 9.59 Å². The van der Waals surface area contributed by atoms with Crippen LogP contribution in [0.3, 0.4) is 0 Å². The number of benzene rings is 1. The number of aliphatic hydroxyl groups excluding tert-OH is 1. The van der Waals surface area contributed by atoms with E-state index < -0.39 is 17.8 Å². The van der Waals surface area contributed by atoms with Gasteiger partial charge in [0.2, 0.25) is 0 Å². The Balaban J connectivity index is 1.88. The highest BCUT2D eigenvalue weighted by Crippen LogP contribution is 2.19. The Morgan fingerprint density at radius 1 is 1.23 bits per heavy atom. The summed E-state index contributed by atoms with van der Waals surface area (Å²) in [7, 11) is 0. The van der Waals surface area contributed by atoms with Crippen LogP contribution in [0.25, 0.3) is 0 Å². The summed E-state index contributed by atoms with van der Waals surface area (Å²) in [4.78, 5) is 25.9. The Morgan fingerprint density at radius 3 is 2.54 bits per heavy atom. The van der Waals surface area contributed by atoms with E-state index in [1.807, 2.05) is 30.3 Å². The van der Waals surface area contributed by atoms with E-state index in [4.69, 9.17) is 9.47 Å². The predicted octanol–water partition coefficient (Wildman–Crippen LogP) is 2.53. The number of ether oxygens (including phenoxy) is 2. The van der Waals surface area contributed by atoms with Crippen LogP contribution in [0, 0.1) is 5.92 Å². The summed E-state index contributed by atoms with van der Waals surface area (Å²) in [5.74, 6) is -0.115. The molecule has 1 fully saturated rings. The van der Waals surface area contributed by atoms with Crippen LogP contribution in [-0.2, 0) is 16.1 Å². The third-order valence-corrected chi connectivity index (χ3v) is 3.98. The minimum absolute atomic E-state index is 0.0590. The summed E-state index contributed by atoms with van der Waals surface area (Å²) in [6.07, 6.45) is -0.405. The predicted molar refractivity (Wildman–Crippen MR) is 96.6 cm³/mol. The molecule has 2 N–H and O–H groups in total. The number of nitrogens with one attached hydrogen (secondary N) is 1. The lowest BCUT2D eigenvalue weighted by atomic mass is 9.95. The third-order valence-electron chi connectivity index (χ3n) is 3.98. The zero-order chi connectivity index (χ0) is 19.2. The second-order valence-corrected chi connectivity index (χ2v) is 7.57. The zero-order valence-corrected chi connectivity index (χ0v) is 15.6. The molecule has 0 aliphatic carbocycles. The number of hydrogen-bond donors (Lipinski definition) is 2. The number of likely N-dealkylation sites (tertiary alicyclic amines) is 1. The van der Waals surface area contributed by atoms with Crippen molar-refractivity contribution >= 4 is 12.2 Å². The molecule has 26 heavy (non-hydrogen) atoms. The van der Waals surface area contributed by atoms with E-state index in [-0.39, 0.29) is 25.2 Å². The van der Waals surface area contributed by atoms with Crippen LogP contribution in [0.1, 0.15) is 32.8 Å². The van der Waals surface area contributed by atoms with Gasteiger partial charge in [0.05, 0.1) is 6.04 Å². The zero-order valence-electron chi connectivity index (χ0n) is 15.6. The quantitative estimate of drug-likeness (QED) is 0.857. The molecular formula is C19H28N2O5. The summed E-state index contributed by atoms with van der Waals surface area (Å²) in [5, 5.41) is 12.3. The fraction of sp³-hybridized carbons (Fsp3) is 0.579. The second-order valence-electron chi connectivity index (χ2n) is 7.57. The third kappa shape index (κ3) is 6.55. The Hall–Kier alpha value is -2.28. The van der Waals surface area contributed by atoms with E-state index in [9.17, 15) is 14.7 Å². The summed E-state index contributed by atoms with van der Waals surface area (Å²) in [5.41, 5.74) is 0.302. The fourth-order valence-electron chi connectivity index (χ4n) is 2.85. The van der Waals surface area contributed by atoms with E-state index in [0.29, 0.717) is 19.5 Å². The molecule has 7 heteroatoms. The molecule has 1 aromatic carbocycles. The van der Waals surface area contributed by atoms with Crippen molar-refractivity contribution in [2.75, 3.05) is 19.7 Å². The summed E-state index contributed by atoms with van der Waals surface area (Å²) in [6.45, 7) is 6.25. The maximum Gasteiger partial charge on any atom is 0.410 e. The Kier molecular flexibility index (Phi) is 6.85. The Morgan fingerprint density at radius 2 is 1.92 bits per heavy atom. The molecule has 1 aliphatic heterocycles. The van der Waals surface area contributed by atoms with Gasteiger partial charge in [-0.05, 0) is 32.8 Å². The lowest BCUT2D eigenvalue weighted by Gasteiger charge is -2.37. The number of carbonyl (C=O) groups excluding carboxylic acids is 2. The molecule has 144 valence electrons. The first-order valence-electron chi connectivity index (χ1n) is 8.83. The number of piperidine rings is 1. The fourth-order valence-corrected chi connectivity index (χ4v) is 2.85. The molecular weight excluding hydrogens is 336 g/mol. The van der Waals surface area contributed by atoms with Gasteiger partial charge < -0.3 is 24.8 Å². The molecule has 2 amide bonds. The normalized spacial score (nSPS) is 20.4. The number of aliphatic hydroxyl groups is 1. The van der Waals surface area contributed by atoms with E-state index in [1.54, 1.807) is 20.8 Å². The van der Waals surface area contributed by atoms with Gasteiger partial charge in [-0.1, -0.05) is 30.3 Å². The molecule has 1 aromatic rings. The molecule has 0 radical (unpaired) electrons. The summed E-state index contributed by atoms with van der Waals surface area (Å²) < 4.78 is 10.6. The SMILES string of the molecule is CC(C)(C)OC(=O)N1CC(CO)CC(NC(=O)OCc2ccccc2)C1. The number of rotatable bonds is 4. The number of alkyl carbamates (subject to hydrolysis) is 1. The maximum atomic E-state index is 12.3. The molecule has 0 aromatic heterocycles. The number of hydrogen-bond acceptors (Lipinski definition) is 5. The molecule has 1 aliphatic rings. The minimum Gasteiger partial charge on any atom is -0.445 e. The van der Waals surface area contributed by atoms with Crippen LogP contribution in [0.4, 0.5) is 9.59 Å². The van der Waals surface area contributed by atoms with Crippen LogP contribution in [0.2, 0.25) is 0 Å². The number of amides is 2. The van der Waals surface area contributed by atoms with E-state index >= 15 is 0 Å². The number of carbonyl (C=O) groups is 2. The van der Waals surface area contributed by atoms with E-state index in [1.165, 1.54) is 4.90 Å². The standard InChI is InChI=1S/C19H28N2O5/c1-19(2,3)26-18(24)21-10-15(12-22)9-16(11-21)20-17(23)25-13-14-7-5-4-6-8-14/h4-8,15-16,22H,9-13H2,1-3H3,(H,20,23). The molecule has 2 unspecified atom stereocenters. The molecule has 0 spiro atoms. The van der Waals surface area contributed by atoms with Crippen molar-refractivity contribution < 1.29 is 24.2 Å². The van der Waals surface area contributed by atoms with Crippen molar-refractivity contribution in [1.82, 2.24) is 10.2 Å². The molecule has 7 nitrogen and oxygen atoms in total. The molecule has 0 saturated carbocycles. The van der Waals surface area contributed by atoms with E-state index in [0.717, 1.165) is 5.56 Å². The van der Waals surface area contributed by atoms with Crippen LogP contribution >= 0.6 is 0 Å². The second kappa shape index (κ2) is 8.89. The summed E-state index contributed by atoms with van der Waals surface area (Å²) >= 11 is 0.